The van der Waals surface area contributed by atoms with E-state index in [1.54, 1.807) is 0 Å². The van der Waals surface area contributed by atoms with Crippen molar-refractivity contribution in [2.24, 2.45) is 0 Å². The molecule has 0 radical (unpaired) electrons. The molecular formula is C4H8Br2O. The van der Waals surface area contributed by atoms with Gasteiger partial charge in [0.1, 0.15) is 0 Å². The summed E-state index contributed by atoms with van der Waals surface area (Å²) in [5, 5.41) is 8.43. The first-order chi connectivity index (χ1) is 3.18. The summed E-state index contributed by atoms with van der Waals surface area (Å²) in [5.74, 6) is 0. The maximum Gasteiger partial charge on any atom is 0.0567 e. The zero-order valence-corrected chi connectivity index (χ0v) is 7.24. The molecule has 1 nitrogen and oxygen atoms in total. The summed E-state index contributed by atoms with van der Waals surface area (Å²) < 4.78 is 0. The predicted molar refractivity (Wildman–Crippen MR) is 38.2 cm³/mol. The van der Waals surface area contributed by atoms with Crippen LogP contribution in [-0.4, -0.2) is 21.4 Å². The van der Waals surface area contributed by atoms with E-state index in [2.05, 4.69) is 31.9 Å². The molecule has 0 aliphatic heterocycles. The average Bonchev–Trinajstić information content (AvgIpc) is 1.65. The summed E-state index contributed by atoms with van der Waals surface area (Å²) >= 11 is 6.54. The van der Waals surface area contributed by atoms with E-state index in [4.69, 9.17) is 5.11 Å². The number of aliphatic hydroxyl groups excluding tert-OH is 1. The molecule has 2 atom stereocenters. The average molecular weight is 232 g/mol. The van der Waals surface area contributed by atoms with E-state index >= 15 is 0 Å². The second-order valence-corrected chi connectivity index (χ2v) is 4.00. The van der Waals surface area contributed by atoms with Crippen LogP contribution in [0, 0.1) is 0 Å². The lowest BCUT2D eigenvalue weighted by Crippen LogP contribution is -2.13. The van der Waals surface area contributed by atoms with Crippen LogP contribution in [0.25, 0.3) is 0 Å². The predicted octanol–water partition coefficient (Wildman–Crippen LogP) is 1.53. The number of alkyl halides is 2. The Kier molecular flexibility index (Phi) is 4.37. The first kappa shape index (κ1) is 7.92. The Morgan fingerprint density at radius 2 is 2.00 bits per heavy atom. The molecule has 0 rings (SSSR count). The van der Waals surface area contributed by atoms with Gasteiger partial charge in [-0.05, 0) is 0 Å². The highest BCUT2D eigenvalue weighted by molar-refractivity contribution is 9.12. The Hall–Kier alpha value is 0.920. The number of hydrogen-bond donors (Lipinski definition) is 1. The molecule has 0 fully saturated rings. The Balaban J connectivity index is 3.14. The molecule has 0 unspecified atom stereocenters. The van der Waals surface area contributed by atoms with Crippen molar-refractivity contribution in [1.82, 2.24) is 0 Å². The van der Waals surface area contributed by atoms with Crippen molar-refractivity contribution in [3.05, 3.63) is 0 Å². The third-order valence-corrected chi connectivity index (χ3v) is 3.10. The van der Waals surface area contributed by atoms with Crippen molar-refractivity contribution in [3.63, 3.8) is 0 Å². The van der Waals surface area contributed by atoms with Crippen LogP contribution in [0.5, 0.6) is 0 Å². The van der Waals surface area contributed by atoms with Crippen molar-refractivity contribution in [2.45, 2.75) is 16.6 Å². The lowest BCUT2D eigenvalue weighted by Gasteiger charge is -2.05. The molecule has 0 aliphatic carbocycles. The van der Waals surface area contributed by atoms with Crippen LogP contribution >= 0.6 is 31.9 Å². The Morgan fingerprint density at radius 1 is 1.57 bits per heavy atom. The van der Waals surface area contributed by atoms with Crippen molar-refractivity contribution in [1.29, 1.82) is 0 Å². The topological polar surface area (TPSA) is 20.2 Å². The van der Waals surface area contributed by atoms with Crippen molar-refractivity contribution < 1.29 is 5.11 Å². The van der Waals surface area contributed by atoms with Crippen LogP contribution in [0.4, 0.5) is 0 Å². The summed E-state index contributed by atoms with van der Waals surface area (Å²) in [5.41, 5.74) is 0. The van der Waals surface area contributed by atoms with Crippen molar-refractivity contribution in [2.75, 3.05) is 6.61 Å². The van der Waals surface area contributed by atoms with Crippen molar-refractivity contribution in [3.8, 4) is 0 Å². The second-order valence-electron chi connectivity index (χ2n) is 1.38. The van der Waals surface area contributed by atoms with E-state index in [1.807, 2.05) is 6.92 Å². The van der Waals surface area contributed by atoms with Gasteiger partial charge < -0.3 is 5.11 Å². The highest BCUT2D eigenvalue weighted by Gasteiger charge is 2.06. The fourth-order valence-corrected chi connectivity index (χ4v) is 0.312. The van der Waals surface area contributed by atoms with Gasteiger partial charge in [0.05, 0.1) is 6.61 Å². The van der Waals surface area contributed by atoms with E-state index in [1.165, 1.54) is 0 Å². The molecule has 0 bridgehead atoms. The lowest BCUT2D eigenvalue weighted by molar-refractivity contribution is 0.297. The second kappa shape index (κ2) is 3.87. The van der Waals surface area contributed by atoms with Crippen LogP contribution < -0.4 is 0 Å². The Labute approximate surface area is 60.4 Å². The van der Waals surface area contributed by atoms with Gasteiger partial charge in [-0.15, -0.1) is 0 Å². The fourth-order valence-electron chi connectivity index (χ4n) is 0.145. The molecule has 0 aromatic carbocycles. The van der Waals surface area contributed by atoms with E-state index in [0.29, 0.717) is 4.83 Å². The lowest BCUT2D eigenvalue weighted by atomic mass is 10.4. The van der Waals surface area contributed by atoms with Gasteiger partial charge in [0.2, 0.25) is 0 Å². The van der Waals surface area contributed by atoms with E-state index in [9.17, 15) is 0 Å². The summed E-state index contributed by atoms with van der Waals surface area (Å²) in [7, 11) is 0. The van der Waals surface area contributed by atoms with Gasteiger partial charge >= 0.3 is 0 Å². The Bertz CT molecular complexity index is 47.0. The highest BCUT2D eigenvalue weighted by atomic mass is 79.9. The van der Waals surface area contributed by atoms with Crippen LogP contribution in [0.1, 0.15) is 6.92 Å². The molecule has 0 heterocycles. The molecular weight excluding hydrogens is 224 g/mol. The summed E-state index contributed by atoms with van der Waals surface area (Å²) in [6.45, 7) is 2.17. The van der Waals surface area contributed by atoms with Crippen LogP contribution in [-0.2, 0) is 0 Å². The van der Waals surface area contributed by atoms with Gasteiger partial charge in [-0.25, -0.2) is 0 Å². The first-order valence-corrected chi connectivity index (χ1v) is 3.90. The van der Waals surface area contributed by atoms with Gasteiger partial charge in [-0.1, -0.05) is 38.8 Å². The molecule has 7 heavy (non-hydrogen) atoms. The quantitative estimate of drug-likeness (QED) is 0.715. The van der Waals surface area contributed by atoms with Gasteiger partial charge in [0, 0.05) is 9.65 Å². The SMILES string of the molecule is C[C@@H](Br)[C@H](Br)CO. The third kappa shape index (κ3) is 3.50. The molecule has 3 heteroatoms. The molecule has 0 aromatic heterocycles. The van der Waals surface area contributed by atoms with Crippen molar-refractivity contribution >= 4 is 31.9 Å². The molecule has 0 saturated carbocycles. The number of hydrogen-bond acceptors (Lipinski definition) is 1. The van der Waals surface area contributed by atoms with Crippen LogP contribution in [0.2, 0.25) is 0 Å². The molecule has 1 N–H and O–H groups in total. The largest absolute Gasteiger partial charge is 0.395 e. The molecule has 0 aliphatic rings. The van der Waals surface area contributed by atoms with Gasteiger partial charge in [0.15, 0.2) is 0 Å². The summed E-state index contributed by atoms with van der Waals surface area (Å²) in [6.07, 6.45) is 0. The monoisotopic (exact) mass is 230 g/mol. The minimum Gasteiger partial charge on any atom is -0.395 e. The highest BCUT2D eigenvalue weighted by Crippen LogP contribution is 2.11. The standard InChI is InChI=1S/C4H8Br2O/c1-3(5)4(6)2-7/h3-4,7H,2H2,1H3/t3-,4-/m1/s1. The molecule has 0 spiro atoms. The molecule has 0 saturated heterocycles. The van der Waals surface area contributed by atoms with Crippen LogP contribution in [0.15, 0.2) is 0 Å². The van der Waals surface area contributed by atoms with Gasteiger partial charge in [-0.3, -0.25) is 0 Å². The maximum absolute atomic E-state index is 8.43. The number of aliphatic hydroxyl groups is 1. The smallest absolute Gasteiger partial charge is 0.0567 e. The minimum absolute atomic E-state index is 0.187. The normalized spacial score (nSPS) is 18.9. The maximum atomic E-state index is 8.43. The van der Waals surface area contributed by atoms with E-state index < -0.39 is 0 Å². The van der Waals surface area contributed by atoms with Gasteiger partial charge in [0.25, 0.3) is 0 Å². The van der Waals surface area contributed by atoms with E-state index in [0.717, 1.165) is 0 Å². The van der Waals surface area contributed by atoms with E-state index in [-0.39, 0.29) is 11.4 Å². The first-order valence-electron chi connectivity index (χ1n) is 2.07. The third-order valence-electron chi connectivity index (χ3n) is 0.673. The van der Waals surface area contributed by atoms with Gasteiger partial charge in [-0.2, -0.15) is 0 Å². The zero-order chi connectivity index (χ0) is 5.86. The Morgan fingerprint density at radius 3 is 2.00 bits per heavy atom. The summed E-state index contributed by atoms with van der Waals surface area (Å²) in [6, 6.07) is 0. The fraction of sp³-hybridized carbons (Fsp3) is 1.00. The minimum atomic E-state index is 0.187. The summed E-state index contributed by atoms with van der Waals surface area (Å²) in [4.78, 5) is 0.532. The molecule has 0 aromatic rings. The number of halogens is 2. The van der Waals surface area contributed by atoms with Crippen LogP contribution in [0.3, 0.4) is 0 Å². The number of rotatable bonds is 2. The zero-order valence-electron chi connectivity index (χ0n) is 4.06. The molecule has 0 amide bonds. The molecule has 44 valence electrons.